The van der Waals surface area contributed by atoms with Crippen LogP contribution in [0.5, 0.6) is 0 Å². The summed E-state index contributed by atoms with van der Waals surface area (Å²) in [5.41, 5.74) is 1.31. The van der Waals surface area contributed by atoms with Crippen molar-refractivity contribution < 1.29 is 8.42 Å². The van der Waals surface area contributed by atoms with E-state index in [4.69, 9.17) is 0 Å². The van der Waals surface area contributed by atoms with E-state index in [2.05, 4.69) is 17.0 Å². The maximum Gasteiger partial charge on any atom is 0.240 e. The molecule has 0 amide bonds. The van der Waals surface area contributed by atoms with Crippen molar-refractivity contribution in [1.82, 2.24) is 10.0 Å². The third-order valence-electron chi connectivity index (χ3n) is 4.20. The SMILES string of the molecule is CC1(CNS(=O)(=O)c2ccc(CNC3CC3)cc2)CC1. The maximum atomic E-state index is 12.2. The van der Waals surface area contributed by atoms with E-state index in [1.54, 1.807) is 12.1 Å². The van der Waals surface area contributed by atoms with Gasteiger partial charge in [0.1, 0.15) is 0 Å². The molecule has 1 aromatic rings. The zero-order valence-electron chi connectivity index (χ0n) is 11.9. The molecule has 0 bridgehead atoms. The average molecular weight is 294 g/mol. The molecule has 2 fully saturated rings. The third kappa shape index (κ3) is 3.59. The zero-order chi connectivity index (χ0) is 14.2. The molecule has 0 aromatic heterocycles. The molecular formula is C15H22N2O2S. The van der Waals surface area contributed by atoms with E-state index in [-0.39, 0.29) is 5.41 Å². The number of hydrogen-bond acceptors (Lipinski definition) is 3. The minimum atomic E-state index is -3.36. The Morgan fingerprint density at radius 2 is 1.85 bits per heavy atom. The first-order valence-electron chi connectivity index (χ1n) is 7.29. The molecule has 0 unspecified atom stereocenters. The molecule has 110 valence electrons. The second-order valence-electron chi connectivity index (χ2n) is 6.43. The second kappa shape index (κ2) is 5.13. The Labute approximate surface area is 121 Å². The molecule has 0 atom stereocenters. The van der Waals surface area contributed by atoms with Gasteiger partial charge in [-0.25, -0.2) is 13.1 Å². The van der Waals surface area contributed by atoms with Crippen molar-refractivity contribution in [2.75, 3.05) is 6.54 Å². The van der Waals surface area contributed by atoms with E-state index < -0.39 is 10.0 Å². The minimum Gasteiger partial charge on any atom is -0.310 e. The fourth-order valence-corrected chi connectivity index (χ4v) is 3.28. The molecule has 20 heavy (non-hydrogen) atoms. The number of sulfonamides is 1. The fraction of sp³-hybridized carbons (Fsp3) is 0.600. The topological polar surface area (TPSA) is 58.2 Å². The van der Waals surface area contributed by atoms with Gasteiger partial charge >= 0.3 is 0 Å². The van der Waals surface area contributed by atoms with E-state index in [9.17, 15) is 8.42 Å². The molecule has 0 heterocycles. The van der Waals surface area contributed by atoms with Crippen molar-refractivity contribution in [3.8, 4) is 0 Å². The molecule has 0 radical (unpaired) electrons. The highest BCUT2D eigenvalue weighted by molar-refractivity contribution is 7.89. The highest BCUT2D eigenvalue weighted by Gasteiger charge is 2.38. The quantitative estimate of drug-likeness (QED) is 0.809. The molecule has 2 N–H and O–H groups in total. The summed E-state index contributed by atoms with van der Waals surface area (Å²) in [6, 6.07) is 7.84. The van der Waals surface area contributed by atoms with Crippen LogP contribution in [0.3, 0.4) is 0 Å². The standard InChI is InChI=1S/C15H22N2O2S/c1-15(8-9-15)11-17-20(18,19)14-6-2-12(3-7-14)10-16-13-4-5-13/h2-3,6-7,13,16-17H,4-5,8-11H2,1H3. The predicted octanol–water partition coefficient (Wildman–Crippen LogP) is 2.02. The van der Waals surface area contributed by atoms with Gasteiger partial charge in [-0.1, -0.05) is 19.1 Å². The Balaban J connectivity index is 1.59. The molecule has 3 rings (SSSR count). The third-order valence-corrected chi connectivity index (χ3v) is 5.62. The number of benzene rings is 1. The summed E-state index contributed by atoms with van der Waals surface area (Å²) in [5, 5.41) is 3.42. The van der Waals surface area contributed by atoms with Crippen molar-refractivity contribution in [3.05, 3.63) is 29.8 Å². The molecule has 0 spiro atoms. The van der Waals surface area contributed by atoms with Gasteiger partial charge in [-0.2, -0.15) is 0 Å². The lowest BCUT2D eigenvalue weighted by atomic mass is 10.2. The smallest absolute Gasteiger partial charge is 0.240 e. The van der Waals surface area contributed by atoms with Crippen molar-refractivity contribution in [3.63, 3.8) is 0 Å². The zero-order valence-corrected chi connectivity index (χ0v) is 12.7. The van der Waals surface area contributed by atoms with Gasteiger partial charge in [0, 0.05) is 19.1 Å². The highest BCUT2D eigenvalue weighted by Crippen LogP contribution is 2.44. The molecule has 2 aliphatic rings. The first-order valence-corrected chi connectivity index (χ1v) is 8.77. The van der Waals surface area contributed by atoms with Crippen LogP contribution in [-0.4, -0.2) is 21.0 Å². The van der Waals surface area contributed by atoms with Gasteiger partial charge in [-0.3, -0.25) is 0 Å². The van der Waals surface area contributed by atoms with E-state index in [1.807, 2.05) is 12.1 Å². The van der Waals surface area contributed by atoms with Gasteiger partial charge in [-0.15, -0.1) is 0 Å². The van der Waals surface area contributed by atoms with Crippen molar-refractivity contribution in [2.45, 2.75) is 50.1 Å². The van der Waals surface area contributed by atoms with Crippen LogP contribution in [0.1, 0.15) is 38.2 Å². The van der Waals surface area contributed by atoms with Gasteiger partial charge in [0.15, 0.2) is 0 Å². The summed E-state index contributed by atoms with van der Waals surface area (Å²) in [6.07, 6.45) is 4.74. The van der Waals surface area contributed by atoms with Crippen molar-refractivity contribution >= 4 is 10.0 Å². The van der Waals surface area contributed by atoms with E-state index >= 15 is 0 Å². The summed E-state index contributed by atoms with van der Waals surface area (Å²) in [7, 11) is -3.36. The van der Waals surface area contributed by atoms with E-state index in [1.165, 1.54) is 12.8 Å². The monoisotopic (exact) mass is 294 g/mol. The summed E-state index contributed by atoms with van der Waals surface area (Å²) < 4.78 is 27.0. The van der Waals surface area contributed by atoms with E-state index in [0.717, 1.165) is 24.9 Å². The first-order chi connectivity index (χ1) is 9.47. The van der Waals surface area contributed by atoms with Crippen LogP contribution in [0.4, 0.5) is 0 Å². The molecule has 1 aromatic carbocycles. The number of nitrogens with one attached hydrogen (secondary N) is 2. The molecular weight excluding hydrogens is 272 g/mol. The van der Waals surface area contributed by atoms with Crippen LogP contribution in [-0.2, 0) is 16.6 Å². The fourth-order valence-electron chi connectivity index (χ4n) is 2.08. The lowest BCUT2D eigenvalue weighted by Crippen LogP contribution is -2.29. The molecule has 0 aliphatic heterocycles. The van der Waals surface area contributed by atoms with Gasteiger partial charge in [-0.05, 0) is 48.8 Å². The highest BCUT2D eigenvalue weighted by atomic mass is 32.2. The van der Waals surface area contributed by atoms with Crippen LogP contribution in [0, 0.1) is 5.41 Å². The Hall–Kier alpha value is -0.910. The van der Waals surface area contributed by atoms with E-state index in [0.29, 0.717) is 17.5 Å². The molecule has 0 saturated heterocycles. The second-order valence-corrected chi connectivity index (χ2v) is 8.20. The van der Waals surface area contributed by atoms with Crippen molar-refractivity contribution in [1.29, 1.82) is 0 Å². The Morgan fingerprint density at radius 3 is 2.40 bits per heavy atom. The largest absolute Gasteiger partial charge is 0.310 e. The lowest BCUT2D eigenvalue weighted by molar-refractivity contribution is 0.530. The van der Waals surface area contributed by atoms with Crippen LogP contribution < -0.4 is 10.0 Å². The first kappa shape index (κ1) is 14.0. The molecule has 5 heteroatoms. The van der Waals surface area contributed by atoms with Gasteiger partial charge < -0.3 is 5.32 Å². The summed E-state index contributed by atoms with van der Waals surface area (Å²) >= 11 is 0. The van der Waals surface area contributed by atoms with Gasteiger partial charge in [0.25, 0.3) is 0 Å². The van der Waals surface area contributed by atoms with Gasteiger partial charge in [0.05, 0.1) is 4.90 Å². The minimum absolute atomic E-state index is 0.182. The van der Waals surface area contributed by atoms with Gasteiger partial charge in [0.2, 0.25) is 10.0 Å². The van der Waals surface area contributed by atoms with Crippen LogP contribution >= 0.6 is 0 Å². The van der Waals surface area contributed by atoms with Crippen LogP contribution in [0.15, 0.2) is 29.2 Å². The Kier molecular flexibility index (Phi) is 3.60. The van der Waals surface area contributed by atoms with Crippen molar-refractivity contribution in [2.24, 2.45) is 5.41 Å². The van der Waals surface area contributed by atoms with Crippen LogP contribution in [0.25, 0.3) is 0 Å². The number of rotatable bonds is 7. The Morgan fingerprint density at radius 1 is 1.20 bits per heavy atom. The maximum absolute atomic E-state index is 12.2. The predicted molar refractivity (Wildman–Crippen MR) is 78.8 cm³/mol. The molecule has 2 aliphatic carbocycles. The number of hydrogen-bond donors (Lipinski definition) is 2. The normalized spacial score (nSPS) is 20.9. The average Bonchev–Trinajstić information content (AvgIpc) is 3.33. The Bertz CT molecular complexity index is 572. The molecule has 2 saturated carbocycles. The lowest BCUT2D eigenvalue weighted by Gasteiger charge is -2.11. The summed E-state index contributed by atoms with van der Waals surface area (Å²) in [4.78, 5) is 0.358. The summed E-state index contributed by atoms with van der Waals surface area (Å²) in [6.45, 7) is 3.47. The van der Waals surface area contributed by atoms with Crippen LogP contribution in [0.2, 0.25) is 0 Å². The molecule has 4 nitrogen and oxygen atoms in total. The summed E-state index contributed by atoms with van der Waals surface area (Å²) in [5.74, 6) is 0.